The fraction of sp³-hybridized carbons (Fsp3) is 0.857. The average Bonchev–Trinajstić information content (AvgIpc) is 1.88. The Morgan fingerprint density at radius 3 is 2.70 bits per heavy atom. The molecule has 0 aromatic heterocycles. The van der Waals surface area contributed by atoms with Crippen molar-refractivity contribution >= 4 is 5.91 Å². The molecule has 0 spiro atoms. The van der Waals surface area contributed by atoms with Crippen molar-refractivity contribution in [3.8, 4) is 0 Å². The highest BCUT2D eigenvalue weighted by Gasteiger charge is 2.20. The second kappa shape index (κ2) is 3.01. The van der Waals surface area contributed by atoms with Gasteiger partial charge < -0.3 is 9.64 Å². The van der Waals surface area contributed by atoms with Gasteiger partial charge >= 0.3 is 0 Å². The molecule has 0 N–H and O–H groups in total. The molecule has 3 heteroatoms. The Morgan fingerprint density at radius 1 is 1.60 bits per heavy atom. The molecule has 0 saturated carbocycles. The van der Waals surface area contributed by atoms with Gasteiger partial charge in [-0.25, -0.2) is 0 Å². The Labute approximate surface area is 61.0 Å². The summed E-state index contributed by atoms with van der Waals surface area (Å²) in [5, 5.41) is 0. The number of carbonyl (C=O) groups excluding carboxylic acids is 1. The first-order valence-electron chi connectivity index (χ1n) is 3.59. The predicted octanol–water partition coefficient (Wildman–Crippen LogP) is 0.601. The summed E-state index contributed by atoms with van der Waals surface area (Å²) >= 11 is 0. The number of hydrogen-bond donors (Lipinski definition) is 0. The van der Waals surface area contributed by atoms with Crippen molar-refractivity contribution in [2.75, 3.05) is 13.3 Å². The Balaban J connectivity index is 2.48. The quantitative estimate of drug-likeness (QED) is 0.538. The lowest BCUT2D eigenvalue weighted by Gasteiger charge is -2.29. The van der Waals surface area contributed by atoms with Gasteiger partial charge in [0.05, 0.1) is 13.0 Å². The molecule has 0 atom stereocenters. The van der Waals surface area contributed by atoms with Crippen LogP contribution in [0.25, 0.3) is 0 Å². The molecule has 1 amide bonds. The minimum absolute atomic E-state index is 0.209. The van der Waals surface area contributed by atoms with E-state index in [4.69, 9.17) is 4.74 Å². The number of ether oxygens (including phenoxy) is 1. The largest absolute Gasteiger partial charge is 0.360 e. The van der Waals surface area contributed by atoms with E-state index in [1.807, 2.05) is 13.8 Å². The van der Waals surface area contributed by atoms with Crippen LogP contribution in [0.15, 0.2) is 0 Å². The van der Waals surface area contributed by atoms with E-state index in [1.165, 1.54) is 0 Å². The van der Waals surface area contributed by atoms with Crippen molar-refractivity contribution in [2.45, 2.75) is 26.3 Å². The molecule has 1 saturated heterocycles. The second-order valence-electron chi connectivity index (χ2n) is 2.74. The van der Waals surface area contributed by atoms with E-state index in [0.717, 1.165) is 0 Å². The zero-order chi connectivity index (χ0) is 7.56. The average molecular weight is 143 g/mol. The van der Waals surface area contributed by atoms with Crippen molar-refractivity contribution in [3.63, 3.8) is 0 Å². The zero-order valence-corrected chi connectivity index (χ0v) is 6.46. The normalized spacial score (nSPS) is 20.3. The maximum absolute atomic E-state index is 11.1. The van der Waals surface area contributed by atoms with Crippen LogP contribution < -0.4 is 0 Å². The number of hydrogen-bond acceptors (Lipinski definition) is 2. The monoisotopic (exact) mass is 143 g/mol. The molecule has 58 valence electrons. The topological polar surface area (TPSA) is 29.5 Å². The third-order valence-corrected chi connectivity index (χ3v) is 1.63. The van der Waals surface area contributed by atoms with Crippen molar-refractivity contribution in [1.29, 1.82) is 0 Å². The smallest absolute Gasteiger partial charge is 0.226 e. The SMILES string of the molecule is CC(C)N1COCCC1=O. The molecule has 3 nitrogen and oxygen atoms in total. The summed E-state index contributed by atoms with van der Waals surface area (Å²) in [4.78, 5) is 12.8. The lowest BCUT2D eigenvalue weighted by atomic mass is 10.3. The summed E-state index contributed by atoms with van der Waals surface area (Å²) in [6, 6.07) is 0.271. The zero-order valence-electron chi connectivity index (χ0n) is 6.46. The first-order valence-corrected chi connectivity index (χ1v) is 3.59. The van der Waals surface area contributed by atoms with Gasteiger partial charge in [0, 0.05) is 6.04 Å². The second-order valence-corrected chi connectivity index (χ2v) is 2.74. The molecule has 1 aliphatic heterocycles. The molecular formula is C7H13NO2. The molecule has 1 heterocycles. The highest BCUT2D eigenvalue weighted by molar-refractivity contribution is 5.76. The van der Waals surface area contributed by atoms with E-state index < -0.39 is 0 Å². The van der Waals surface area contributed by atoms with E-state index in [1.54, 1.807) is 4.90 Å². The van der Waals surface area contributed by atoms with E-state index in [9.17, 15) is 4.79 Å². The Hall–Kier alpha value is -0.570. The minimum Gasteiger partial charge on any atom is -0.360 e. The number of nitrogens with zero attached hydrogens (tertiary/aromatic N) is 1. The van der Waals surface area contributed by atoms with E-state index in [0.29, 0.717) is 19.8 Å². The van der Waals surface area contributed by atoms with Crippen molar-refractivity contribution in [3.05, 3.63) is 0 Å². The molecule has 0 aliphatic carbocycles. The molecular weight excluding hydrogens is 130 g/mol. The van der Waals surface area contributed by atoms with Gasteiger partial charge in [0.15, 0.2) is 0 Å². The van der Waals surface area contributed by atoms with Crippen LogP contribution in [0.5, 0.6) is 0 Å². The van der Waals surface area contributed by atoms with Crippen molar-refractivity contribution in [1.82, 2.24) is 4.90 Å². The molecule has 1 rings (SSSR count). The van der Waals surface area contributed by atoms with Crippen LogP contribution in [-0.2, 0) is 9.53 Å². The van der Waals surface area contributed by atoms with Crippen LogP contribution in [0, 0.1) is 0 Å². The predicted molar refractivity (Wildman–Crippen MR) is 37.4 cm³/mol. The minimum atomic E-state index is 0.209. The maximum atomic E-state index is 11.1. The van der Waals surface area contributed by atoms with E-state index in [2.05, 4.69) is 0 Å². The maximum Gasteiger partial charge on any atom is 0.226 e. The Bertz CT molecular complexity index is 134. The number of carbonyl (C=O) groups is 1. The highest BCUT2D eigenvalue weighted by atomic mass is 16.5. The van der Waals surface area contributed by atoms with Gasteiger partial charge in [-0.15, -0.1) is 0 Å². The fourth-order valence-corrected chi connectivity index (χ4v) is 0.975. The summed E-state index contributed by atoms with van der Waals surface area (Å²) in [6.45, 7) is 5.04. The molecule has 1 aliphatic rings. The van der Waals surface area contributed by atoms with E-state index in [-0.39, 0.29) is 11.9 Å². The first-order chi connectivity index (χ1) is 4.72. The van der Waals surface area contributed by atoms with Gasteiger partial charge in [0.25, 0.3) is 0 Å². The number of amides is 1. The first kappa shape index (κ1) is 7.54. The van der Waals surface area contributed by atoms with Crippen LogP contribution in [0.4, 0.5) is 0 Å². The third-order valence-electron chi connectivity index (χ3n) is 1.63. The lowest BCUT2D eigenvalue weighted by Crippen LogP contribution is -2.42. The van der Waals surface area contributed by atoms with Crippen LogP contribution in [-0.4, -0.2) is 30.2 Å². The van der Waals surface area contributed by atoms with Gasteiger partial charge in [0.2, 0.25) is 5.91 Å². The van der Waals surface area contributed by atoms with Gasteiger partial charge in [0.1, 0.15) is 6.73 Å². The summed E-state index contributed by atoms with van der Waals surface area (Å²) in [6.07, 6.45) is 0.540. The fourth-order valence-electron chi connectivity index (χ4n) is 0.975. The standard InChI is InChI=1S/C7H13NO2/c1-6(2)8-5-10-4-3-7(8)9/h6H,3-5H2,1-2H3. The third kappa shape index (κ3) is 1.48. The van der Waals surface area contributed by atoms with Crippen molar-refractivity contribution < 1.29 is 9.53 Å². The van der Waals surface area contributed by atoms with Crippen LogP contribution >= 0.6 is 0 Å². The van der Waals surface area contributed by atoms with Crippen LogP contribution in [0.3, 0.4) is 0 Å². The van der Waals surface area contributed by atoms with Gasteiger partial charge in [-0.3, -0.25) is 4.79 Å². The molecule has 1 fully saturated rings. The molecule has 10 heavy (non-hydrogen) atoms. The molecule has 0 bridgehead atoms. The molecule has 0 unspecified atom stereocenters. The Kier molecular flexibility index (Phi) is 2.27. The van der Waals surface area contributed by atoms with Crippen molar-refractivity contribution in [2.24, 2.45) is 0 Å². The molecule has 0 aromatic carbocycles. The summed E-state index contributed by atoms with van der Waals surface area (Å²) in [7, 11) is 0. The van der Waals surface area contributed by atoms with Crippen LogP contribution in [0.2, 0.25) is 0 Å². The highest BCUT2D eigenvalue weighted by Crippen LogP contribution is 2.06. The lowest BCUT2D eigenvalue weighted by molar-refractivity contribution is -0.148. The summed E-state index contributed by atoms with van der Waals surface area (Å²) in [5.74, 6) is 0.209. The summed E-state index contributed by atoms with van der Waals surface area (Å²) < 4.78 is 5.12. The molecule has 0 radical (unpaired) electrons. The van der Waals surface area contributed by atoms with Gasteiger partial charge in [-0.1, -0.05) is 0 Å². The molecule has 0 aromatic rings. The summed E-state index contributed by atoms with van der Waals surface area (Å²) in [5.41, 5.74) is 0. The van der Waals surface area contributed by atoms with Gasteiger partial charge in [-0.2, -0.15) is 0 Å². The van der Waals surface area contributed by atoms with Crippen LogP contribution in [0.1, 0.15) is 20.3 Å². The Morgan fingerprint density at radius 2 is 2.30 bits per heavy atom. The van der Waals surface area contributed by atoms with Gasteiger partial charge in [-0.05, 0) is 13.8 Å². The van der Waals surface area contributed by atoms with E-state index >= 15 is 0 Å². The number of rotatable bonds is 1.